The molecular weight excluding hydrogens is 384 g/mol. The average Bonchev–Trinajstić information content (AvgIpc) is 2.67. The Morgan fingerprint density at radius 1 is 1.07 bits per heavy atom. The van der Waals surface area contributed by atoms with Crippen molar-refractivity contribution in [2.24, 2.45) is 0 Å². The van der Waals surface area contributed by atoms with E-state index in [1.807, 2.05) is 12.1 Å². The van der Waals surface area contributed by atoms with Crippen LogP contribution in [0.2, 0.25) is 5.02 Å². The maximum absolute atomic E-state index is 12.7. The summed E-state index contributed by atoms with van der Waals surface area (Å²) in [6.45, 7) is 3.38. The summed E-state index contributed by atoms with van der Waals surface area (Å²) in [6, 6.07) is 12.6. The predicted molar refractivity (Wildman–Crippen MR) is 108 cm³/mol. The van der Waals surface area contributed by atoms with E-state index in [2.05, 4.69) is 21.8 Å². The van der Waals surface area contributed by atoms with E-state index in [1.54, 1.807) is 12.1 Å². The van der Waals surface area contributed by atoms with Crippen LogP contribution in [0.3, 0.4) is 0 Å². The first-order valence-corrected chi connectivity index (χ1v) is 11.0. The van der Waals surface area contributed by atoms with Crippen LogP contribution in [-0.2, 0) is 23.1 Å². The van der Waals surface area contributed by atoms with Crippen LogP contribution < -0.4 is 9.46 Å². The lowest BCUT2D eigenvalue weighted by Crippen LogP contribution is -2.29. The van der Waals surface area contributed by atoms with Crippen LogP contribution in [0.15, 0.2) is 47.4 Å². The highest BCUT2D eigenvalue weighted by Crippen LogP contribution is 2.27. The van der Waals surface area contributed by atoms with Gasteiger partial charge in [-0.2, -0.15) is 0 Å². The van der Waals surface area contributed by atoms with E-state index in [-0.39, 0.29) is 17.2 Å². The van der Waals surface area contributed by atoms with E-state index >= 15 is 0 Å². The first kappa shape index (κ1) is 20.1. The van der Waals surface area contributed by atoms with Crippen molar-refractivity contribution in [2.75, 3.05) is 20.2 Å². The molecule has 1 aliphatic heterocycles. The smallest absolute Gasteiger partial charge is 0.244 e. The van der Waals surface area contributed by atoms with Crippen molar-refractivity contribution in [3.05, 3.63) is 58.6 Å². The second-order valence-electron chi connectivity index (χ2n) is 6.78. The van der Waals surface area contributed by atoms with Crippen LogP contribution in [0, 0.1) is 0 Å². The summed E-state index contributed by atoms with van der Waals surface area (Å²) in [5.41, 5.74) is 2.13. The van der Waals surface area contributed by atoms with Gasteiger partial charge >= 0.3 is 0 Å². The molecule has 5 nitrogen and oxygen atoms in total. The van der Waals surface area contributed by atoms with Gasteiger partial charge in [-0.3, -0.25) is 4.90 Å². The number of likely N-dealkylation sites (tertiary alicyclic amines) is 1. The van der Waals surface area contributed by atoms with Crippen molar-refractivity contribution in [3.8, 4) is 5.75 Å². The van der Waals surface area contributed by atoms with Gasteiger partial charge in [0, 0.05) is 18.1 Å². The Bertz CT molecular complexity index is 881. The van der Waals surface area contributed by atoms with E-state index in [0.29, 0.717) is 5.02 Å². The molecule has 0 radical (unpaired) electrons. The molecule has 1 fully saturated rings. The molecule has 0 saturated carbocycles. The molecule has 27 heavy (non-hydrogen) atoms. The van der Waals surface area contributed by atoms with Gasteiger partial charge in [0.2, 0.25) is 10.0 Å². The molecule has 0 bridgehead atoms. The molecule has 1 N–H and O–H groups in total. The van der Waals surface area contributed by atoms with Gasteiger partial charge < -0.3 is 4.74 Å². The highest BCUT2D eigenvalue weighted by Gasteiger charge is 2.20. The Morgan fingerprint density at radius 2 is 1.81 bits per heavy atom. The lowest BCUT2D eigenvalue weighted by Gasteiger charge is -2.26. The largest absolute Gasteiger partial charge is 0.495 e. The molecule has 0 atom stereocenters. The molecule has 1 aliphatic rings. The number of rotatable bonds is 7. The third-order valence-corrected chi connectivity index (χ3v) is 6.39. The van der Waals surface area contributed by atoms with Crippen LogP contribution >= 0.6 is 11.6 Å². The summed E-state index contributed by atoms with van der Waals surface area (Å²) in [4.78, 5) is 2.49. The number of hydrogen-bond acceptors (Lipinski definition) is 4. The molecule has 1 saturated heterocycles. The Kier molecular flexibility index (Phi) is 6.76. The van der Waals surface area contributed by atoms with Crippen LogP contribution in [0.5, 0.6) is 5.75 Å². The fourth-order valence-corrected chi connectivity index (χ4v) is 4.78. The lowest BCUT2D eigenvalue weighted by molar-refractivity contribution is 0.221. The number of sulfonamides is 1. The second-order valence-corrected chi connectivity index (χ2v) is 8.95. The maximum Gasteiger partial charge on any atom is 0.244 e. The number of benzene rings is 2. The second kappa shape index (κ2) is 9.06. The summed E-state index contributed by atoms with van der Waals surface area (Å²) in [5, 5.41) is 0.347. The molecule has 146 valence electrons. The molecule has 1 heterocycles. The summed E-state index contributed by atoms with van der Waals surface area (Å²) >= 11 is 5.96. The molecule has 3 rings (SSSR count). The molecule has 7 heteroatoms. The minimum absolute atomic E-state index is 0.0435. The number of hydrogen-bond donors (Lipinski definition) is 1. The van der Waals surface area contributed by atoms with Gasteiger partial charge in [-0.1, -0.05) is 42.3 Å². The normalized spacial score (nSPS) is 15.6. The van der Waals surface area contributed by atoms with Gasteiger partial charge in [0.1, 0.15) is 10.6 Å². The standard InChI is InChI=1S/C20H25ClN2O3S/c1-26-19-9-8-18(21)13-20(19)27(24,25)22-14-16-6-5-7-17(12-16)15-23-10-3-2-4-11-23/h5-9,12-13,22H,2-4,10-11,14-15H2,1H3. The van der Waals surface area contributed by atoms with Crippen LogP contribution in [0.25, 0.3) is 0 Å². The zero-order valence-electron chi connectivity index (χ0n) is 15.4. The van der Waals surface area contributed by atoms with E-state index in [0.717, 1.165) is 25.2 Å². The summed E-state index contributed by atoms with van der Waals surface area (Å²) in [6.07, 6.45) is 3.81. The number of nitrogens with one attached hydrogen (secondary N) is 1. The Hall–Kier alpha value is -1.60. The fraction of sp³-hybridized carbons (Fsp3) is 0.400. The predicted octanol–water partition coefficient (Wildman–Crippen LogP) is 3.81. The van der Waals surface area contributed by atoms with Crippen molar-refractivity contribution in [3.63, 3.8) is 0 Å². The SMILES string of the molecule is COc1ccc(Cl)cc1S(=O)(=O)NCc1cccc(CN2CCCCC2)c1. The van der Waals surface area contributed by atoms with Crippen molar-refractivity contribution < 1.29 is 13.2 Å². The Labute approximate surface area is 166 Å². The Balaban J connectivity index is 1.69. The zero-order chi connectivity index (χ0) is 19.3. The molecule has 2 aromatic carbocycles. The van der Waals surface area contributed by atoms with Crippen LogP contribution in [-0.4, -0.2) is 33.5 Å². The third kappa shape index (κ3) is 5.45. The van der Waals surface area contributed by atoms with E-state index in [1.165, 1.54) is 38.0 Å². The van der Waals surface area contributed by atoms with Crippen molar-refractivity contribution in [1.29, 1.82) is 0 Å². The van der Waals surface area contributed by atoms with Crippen molar-refractivity contribution in [1.82, 2.24) is 9.62 Å². The molecule has 0 aliphatic carbocycles. The molecule has 0 amide bonds. The molecule has 0 unspecified atom stereocenters. The van der Waals surface area contributed by atoms with Gasteiger partial charge in [0.15, 0.2) is 0 Å². The summed E-state index contributed by atoms with van der Waals surface area (Å²) in [7, 11) is -2.30. The highest BCUT2D eigenvalue weighted by atomic mass is 35.5. The number of halogens is 1. The topological polar surface area (TPSA) is 58.6 Å². The summed E-state index contributed by atoms with van der Waals surface area (Å²) < 4.78 is 33.2. The van der Waals surface area contributed by atoms with Gasteiger partial charge in [0.25, 0.3) is 0 Å². The lowest BCUT2D eigenvalue weighted by atomic mass is 10.1. The van der Waals surface area contributed by atoms with E-state index < -0.39 is 10.0 Å². The minimum Gasteiger partial charge on any atom is -0.495 e. The third-order valence-electron chi connectivity index (χ3n) is 4.73. The summed E-state index contributed by atoms with van der Waals surface area (Å²) in [5.74, 6) is 0.269. The van der Waals surface area contributed by atoms with Crippen molar-refractivity contribution in [2.45, 2.75) is 37.2 Å². The first-order valence-electron chi connectivity index (χ1n) is 9.11. The van der Waals surface area contributed by atoms with E-state index in [4.69, 9.17) is 16.3 Å². The molecular formula is C20H25ClN2O3S. The van der Waals surface area contributed by atoms with Gasteiger partial charge in [0.05, 0.1) is 7.11 Å². The highest BCUT2D eigenvalue weighted by molar-refractivity contribution is 7.89. The number of methoxy groups -OCH3 is 1. The van der Waals surface area contributed by atoms with Gasteiger partial charge in [-0.15, -0.1) is 0 Å². The zero-order valence-corrected chi connectivity index (χ0v) is 17.0. The number of nitrogens with zero attached hydrogens (tertiary/aromatic N) is 1. The van der Waals surface area contributed by atoms with Gasteiger partial charge in [-0.05, 0) is 55.3 Å². The number of ether oxygens (including phenoxy) is 1. The first-order chi connectivity index (χ1) is 13.0. The van der Waals surface area contributed by atoms with E-state index in [9.17, 15) is 8.42 Å². The minimum atomic E-state index is -3.73. The van der Waals surface area contributed by atoms with Crippen LogP contribution in [0.1, 0.15) is 30.4 Å². The number of piperidine rings is 1. The quantitative estimate of drug-likeness (QED) is 0.756. The molecule has 0 spiro atoms. The molecule has 0 aromatic heterocycles. The fourth-order valence-electron chi connectivity index (χ4n) is 3.33. The maximum atomic E-state index is 12.7. The Morgan fingerprint density at radius 3 is 2.56 bits per heavy atom. The monoisotopic (exact) mass is 408 g/mol. The van der Waals surface area contributed by atoms with Gasteiger partial charge in [-0.25, -0.2) is 13.1 Å². The molecule has 2 aromatic rings. The average molecular weight is 409 g/mol. The van der Waals surface area contributed by atoms with Crippen LogP contribution in [0.4, 0.5) is 0 Å². The van der Waals surface area contributed by atoms with Crippen molar-refractivity contribution >= 4 is 21.6 Å².